The highest BCUT2D eigenvalue weighted by Crippen LogP contribution is 2.35. The molecule has 22 heavy (non-hydrogen) atoms. The predicted octanol–water partition coefficient (Wildman–Crippen LogP) is 2.05. The van der Waals surface area contributed by atoms with Crippen LogP contribution in [0.5, 0.6) is 0 Å². The molecule has 0 radical (unpaired) electrons. The molecule has 2 fully saturated rings. The lowest BCUT2D eigenvalue weighted by Crippen LogP contribution is -2.28. The van der Waals surface area contributed by atoms with Gasteiger partial charge >= 0.3 is 0 Å². The van der Waals surface area contributed by atoms with E-state index in [-0.39, 0.29) is 18.3 Å². The van der Waals surface area contributed by atoms with E-state index in [1.54, 1.807) is 0 Å². The molecule has 0 bridgehead atoms. The van der Waals surface area contributed by atoms with Gasteiger partial charge in [-0.1, -0.05) is 12.1 Å². The molecular weight excluding hydrogens is 300 g/mol. The minimum atomic E-state index is 0. The van der Waals surface area contributed by atoms with Gasteiger partial charge in [0.25, 0.3) is 5.91 Å². The molecule has 3 aliphatic heterocycles. The van der Waals surface area contributed by atoms with Crippen molar-refractivity contribution < 1.29 is 9.53 Å². The Bertz CT molecular complexity index is 558. The highest BCUT2D eigenvalue weighted by molar-refractivity contribution is 5.96. The maximum Gasteiger partial charge on any atom is 0.251 e. The fourth-order valence-corrected chi connectivity index (χ4v) is 4.01. The average molecular weight is 323 g/mol. The largest absolute Gasteiger partial charge is 0.381 e. The van der Waals surface area contributed by atoms with Crippen molar-refractivity contribution in [3.8, 4) is 0 Å². The first-order chi connectivity index (χ1) is 10.3. The Kier molecular flexibility index (Phi) is 4.71. The molecule has 2 saturated heterocycles. The molecular formula is C17H23ClN2O2. The van der Waals surface area contributed by atoms with Crippen molar-refractivity contribution in [3.63, 3.8) is 0 Å². The number of benzene rings is 1. The number of nitrogens with one attached hydrogen (secondary N) is 2. The van der Waals surface area contributed by atoms with Crippen molar-refractivity contribution in [1.29, 1.82) is 0 Å². The second-order valence-electron chi connectivity index (χ2n) is 6.47. The van der Waals surface area contributed by atoms with Crippen LogP contribution in [0.25, 0.3) is 0 Å². The maximum atomic E-state index is 12.4. The van der Waals surface area contributed by atoms with Gasteiger partial charge < -0.3 is 15.4 Å². The summed E-state index contributed by atoms with van der Waals surface area (Å²) >= 11 is 0. The summed E-state index contributed by atoms with van der Waals surface area (Å²) in [5.41, 5.74) is 3.43. The van der Waals surface area contributed by atoms with E-state index in [9.17, 15) is 4.79 Å². The summed E-state index contributed by atoms with van der Waals surface area (Å²) in [6, 6.07) is 6.58. The van der Waals surface area contributed by atoms with Crippen molar-refractivity contribution in [2.75, 3.05) is 32.8 Å². The number of amides is 1. The number of carbonyl (C=O) groups is 1. The molecule has 1 aromatic carbocycles. The number of carbonyl (C=O) groups excluding carboxylic acids is 1. The highest BCUT2D eigenvalue weighted by atomic mass is 35.5. The Morgan fingerprint density at radius 1 is 1.09 bits per heavy atom. The molecule has 1 amide bonds. The van der Waals surface area contributed by atoms with E-state index in [2.05, 4.69) is 28.8 Å². The Hall–Kier alpha value is -1.10. The monoisotopic (exact) mass is 322 g/mol. The van der Waals surface area contributed by atoms with Crippen LogP contribution in [-0.2, 0) is 4.74 Å². The van der Waals surface area contributed by atoms with Crippen LogP contribution < -0.4 is 10.6 Å². The van der Waals surface area contributed by atoms with Gasteiger partial charge in [-0.2, -0.15) is 0 Å². The molecule has 4 nitrogen and oxygen atoms in total. The van der Waals surface area contributed by atoms with Crippen molar-refractivity contribution in [3.05, 3.63) is 34.9 Å². The summed E-state index contributed by atoms with van der Waals surface area (Å²) < 4.78 is 5.44. The molecule has 120 valence electrons. The first-order valence-corrected chi connectivity index (χ1v) is 8.03. The second-order valence-corrected chi connectivity index (χ2v) is 6.47. The molecule has 3 aliphatic rings. The number of hydrogen-bond donors (Lipinski definition) is 2. The minimum absolute atomic E-state index is 0. The number of halogens is 1. The molecule has 0 saturated carbocycles. The van der Waals surface area contributed by atoms with Crippen LogP contribution >= 0.6 is 12.4 Å². The van der Waals surface area contributed by atoms with E-state index in [1.807, 2.05) is 0 Å². The smallest absolute Gasteiger partial charge is 0.251 e. The lowest BCUT2D eigenvalue weighted by Gasteiger charge is -2.24. The lowest BCUT2D eigenvalue weighted by molar-refractivity contribution is 0.0853. The summed E-state index contributed by atoms with van der Waals surface area (Å²) in [4.78, 5) is 12.4. The molecule has 2 atom stereocenters. The Morgan fingerprint density at radius 3 is 2.73 bits per heavy atom. The SMILES string of the molecule is Cl.O=C1NC[C@@H]2CNC[C@H]2c2ccc(C3CCOCC3)cc21. The van der Waals surface area contributed by atoms with Crippen LogP contribution in [0.1, 0.15) is 46.2 Å². The zero-order valence-electron chi connectivity index (χ0n) is 12.6. The molecule has 0 spiro atoms. The third kappa shape index (κ3) is 2.75. The van der Waals surface area contributed by atoms with E-state index in [0.29, 0.717) is 17.8 Å². The Morgan fingerprint density at radius 2 is 1.91 bits per heavy atom. The van der Waals surface area contributed by atoms with Gasteiger partial charge in [-0.3, -0.25) is 4.79 Å². The zero-order chi connectivity index (χ0) is 14.2. The third-order valence-electron chi connectivity index (χ3n) is 5.28. The van der Waals surface area contributed by atoms with Crippen molar-refractivity contribution >= 4 is 18.3 Å². The number of ether oxygens (including phenoxy) is 1. The topological polar surface area (TPSA) is 50.4 Å². The summed E-state index contributed by atoms with van der Waals surface area (Å²) in [6.07, 6.45) is 2.13. The summed E-state index contributed by atoms with van der Waals surface area (Å²) in [6.45, 7) is 4.46. The van der Waals surface area contributed by atoms with Crippen molar-refractivity contribution in [1.82, 2.24) is 10.6 Å². The van der Waals surface area contributed by atoms with Gasteiger partial charge in [0.05, 0.1) is 0 Å². The standard InChI is InChI=1S/C17H22N2O2.ClH/c20-17-15-7-12(11-3-5-21-6-4-11)1-2-14(15)16-10-18-8-13(16)9-19-17;/h1-2,7,11,13,16,18H,3-6,8-10H2,(H,19,20);1H/t13-,16+;/m0./s1. The van der Waals surface area contributed by atoms with Crippen LogP contribution in [0.3, 0.4) is 0 Å². The predicted molar refractivity (Wildman–Crippen MR) is 87.9 cm³/mol. The van der Waals surface area contributed by atoms with Gasteiger partial charge in [0, 0.05) is 44.3 Å². The Balaban J connectivity index is 0.00000144. The molecule has 0 aromatic heterocycles. The zero-order valence-corrected chi connectivity index (χ0v) is 13.5. The first kappa shape index (κ1) is 15.8. The van der Waals surface area contributed by atoms with Crippen LogP contribution in [0.4, 0.5) is 0 Å². The van der Waals surface area contributed by atoms with Crippen LogP contribution in [0.15, 0.2) is 18.2 Å². The second kappa shape index (κ2) is 6.57. The van der Waals surface area contributed by atoms with E-state index in [4.69, 9.17) is 4.74 Å². The van der Waals surface area contributed by atoms with Crippen LogP contribution in [0, 0.1) is 5.92 Å². The van der Waals surface area contributed by atoms with Gasteiger partial charge in [0.1, 0.15) is 0 Å². The highest BCUT2D eigenvalue weighted by Gasteiger charge is 2.34. The normalized spacial score (nSPS) is 28.1. The third-order valence-corrected chi connectivity index (χ3v) is 5.28. The van der Waals surface area contributed by atoms with E-state index in [1.165, 1.54) is 11.1 Å². The van der Waals surface area contributed by atoms with Gasteiger partial charge in [-0.25, -0.2) is 0 Å². The summed E-state index contributed by atoms with van der Waals surface area (Å²) in [5.74, 6) is 1.65. The number of fused-ring (bicyclic) bond motifs is 3. The molecule has 3 heterocycles. The summed E-state index contributed by atoms with van der Waals surface area (Å²) in [5, 5.41) is 6.56. The fraction of sp³-hybridized carbons (Fsp3) is 0.588. The van der Waals surface area contributed by atoms with E-state index < -0.39 is 0 Å². The molecule has 2 N–H and O–H groups in total. The van der Waals surface area contributed by atoms with Crippen LogP contribution in [0.2, 0.25) is 0 Å². The van der Waals surface area contributed by atoms with Gasteiger partial charge in [0.15, 0.2) is 0 Å². The van der Waals surface area contributed by atoms with Crippen molar-refractivity contribution in [2.24, 2.45) is 5.92 Å². The molecule has 4 rings (SSSR count). The summed E-state index contributed by atoms with van der Waals surface area (Å²) in [7, 11) is 0. The quantitative estimate of drug-likeness (QED) is 0.832. The number of rotatable bonds is 1. The van der Waals surface area contributed by atoms with Crippen LogP contribution in [-0.4, -0.2) is 38.8 Å². The first-order valence-electron chi connectivity index (χ1n) is 8.03. The van der Waals surface area contributed by atoms with Gasteiger partial charge in [0.2, 0.25) is 0 Å². The maximum absolute atomic E-state index is 12.4. The van der Waals surface area contributed by atoms with E-state index in [0.717, 1.165) is 51.3 Å². The average Bonchev–Trinajstić information content (AvgIpc) is 2.96. The molecule has 0 aliphatic carbocycles. The van der Waals surface area contributed by atoms with Gasteiger partial charge in [-0.15, -0.1) is 12.4 Å². The van der Waals surface area contributed by atoms with E-state index >= 15 is 0 Å². The molecule has 5 heteroatoms. The number of hydrogen-bond acceptors (Lipinski definition) is 3. The fourth-order valence-electron chi connectivity index (χ4n) is 4.01. The molecule has 1 aromatic rings. The lowest BCUT2D eigenvalue weighted by atomic mass is 9.84. The van der Waals surface area contributed by atoms with Crippen molar-refractivity contribution in [2.45, 2.75) is 24.7 Å². The Labute approximate surface area is 137 Å². The minimum Gasteiger partial charge on any atom is -0.381 e. The van der Waals surface area contributed by atoms with Gasteiger partial charge in [-0.05, 0) is 41.9 Å². The molecule has 0 unspecified atom stereocenters.